The predicted molar refractivity (Wildman–Crippen MR) is 63.4 cm³/mol. The average molecular weight is 264 g/mol. The van der Waals surface area contributed by atoms with Crippen molar-refractivity contribution in [2.45, 2.75) is 38.6 Å². The normalized spacial score (nSPS) is 38.7. The van der Waals surface area contributed by atoms with Crippen molar-refractivity contribution in [1.29, 1.82) is 0 Å². The zero-order valence-corrected chi connectivity index (χ0v) is 10.7. The van der Waals surface area contributed by atoms with Crippen molar-refractivity contribution in [2.75, 3.05) is 0 Å². The topological polar surface area (TPSA) is 83.6 Å². The highest BCUT2D eigenvalue weighted by atomic mass is 16.2. The summed E-state index contributed by atoms with van der Waals surface area (Å²) in [5.41, 5.74) is 0. The SMILES string of the molecule is CC1CC2C(=O)N(C3CCC(=O)NC3=O)C(=O)C2C1. The summed E-state index contributed by atoms with van der Waals surface area (Å²) in [7, 11) is 0. The van der Waals surface area contributed by atoms with Gasteiger partial charge >= 0.3 is 0 Å². The Kier molecular flexibility index (Phi) is 2.69. The molecular formula is C13H16N2O4. The standard InChI is InChI=1S/C13H16N2O4/c1-6-4-7-8(5-6)13(19)15(12(7)18)9-2-3-10(16)14-11(9)17/h6-9H,2-5H2,1H3,(H,14,16,17). The molecule has 0 aromatic carbocycles. The van der Waals surface area contributed by atoms with Crippen LogP contribution in [0, 0.1) is 17.8 Å². The Balaban J connectivity index is 1.83. The molecule has 1 saturated carbocycles. The fraction of sp³-hybridized carbons (Fsp3) is 0.692. The minimum absolute atomic E-state index is 0.180. The molecule has 0 aromatic rings. The number of piperidine rings is 1. The van der Waals surface area contributed by atoms with Crippen molar-refractivity contribution in [3.63, 3.8) is 0 Å². The first kappa shape index (κ1) is 12.3. The zero-order valence-electron chi connectivity index (χ0n) is 10.7. The molecular weight excluding hydrogens is 248 g/mol. The molecule has 0 radical (unpaired) electrons. The molecule has 6 heteroatoms. The number of hydrogen-bond donors (Lipinski definition) is 1. The van der Waals surface area contributed by atoms with Crippen LogP contribution in [0.2, 0.25) is 0 Å². The van der Waals surface area contributed by atoms with Gasteiger partial charge in [0, 0.05) is 6.42 Å². The number of imide groups is 2. The van der Waals surface area contributed by atoms with Gasteiger partial charge in [0.05, 0.1) is 11.8 Å². The van der Waals surface area contributed by atoms with Gasteiger partial charge in [0.25, 0.3) is 0 Å². The number of carbonyl (C=O) groups excluding carboxylic acids is 4. The van der Waals surface area contributed by atoms with E-state index >= 15 is 0 Å². The Morgan fingerprint density at radius 3 is 2.16 bits per heavy atom. The van der Waals surface area contributed by atoms with Crippen LogP contribution in [0.5, 0.6) is 0 Å². The molecule has 3 rings (SSSR count). The highest BCUT2D eigenvalue weighted by Crippen LogP contribution is 2.43. The summed E-state index contributed by atoms with van der Waals surface area (Å²) in [4.78, 5) is 48.6. The average Bonchev–Trinajstić information content (AvgIpc) is 2.82. The Hall–Kier alpha value is -1.72. The van der Waals surface area contributed by atoms with Gasteiger partial charge in [-0.3, -0.25) is 29.4 Å². The van der Waals surface area contributed by atoms with E-state index in [1.807, 2.05) is 6.92 Å². The van der Waals surface area contributed by atoms with Gasteiger partial charge in [-0.25, -0.2) is 0 Å². The summed E-state index contributed by atoms with van der Waals surface area (Å²) < 4.78 is 0. The van der Waals surface area contributed by atoms with Crippen molar-refractivity contribution in [2.24, 2.45) is 17.8 Å². The lowest BCUT2D eigenvalue weighted by Crippen LogP contribution is -2.54. The van der Waals surface area contributed by atoms with Crippen molar-refractivity contribution in [3.8, 4) is 0 Å². The Morgan fingerprint density at radius 2 is 1.63 bits per heavy atom. The molecule has 3 fully saturated rings. The van der Waals surface area contributed by atoms with Crippen molar-refractivity contribution >= 4 is 23.6 Å². The van der Waals surface area contributed by atoms with Gasteiger partial charge in [0.1, 0.15) is 6.04 Å². The molecule has 19 heavy (non-hydrogen) atoms. The van der Waals surface area contributed by atoms with Gasteiger partial charge in [-0.15, -0.1) is 0 Å². The molecule has 1 aliphatic carbocycles. The molecule has 102 valence electrons. The van der Waals surface area contributed by atoms with E-state index in [-0.39, 0.29) is 42.4 Å². The Bertz CT molecular complexity index is 463. The van der Waals surface area contributed by atoms with Crippen molar-refractivity contribution in [3.05, 3.63) is 0 Å². The summed E-state index contributed by atoms with van der Waals surface area (Å²) in [5, 5.41) is 2.20. The first-order chi connectivity index (χ1) is 8.99. The van der Waals surface area contributed by atoms with Gasteiger partial charge in [0.15, 0.2) is 0 Å². The maximum Gasteiger partial charge on any atom is 0.249 e. The number of nitrogens with one attached hydrogen (secondary N) is 1. The smallest absolute Gasteiger partial charge is 0.249 e. The van der Waals surface area contributed by atoms with Crippen LogP contribution in [0.4, 0.5) is 0 Å². The van der Waals surface area contributed by atoms with E-state index in [2.05, 4.69) is 5.32 Å². The number of carbonyl (C=O) groups is 4. The van der Waals surface area contributed by atoms with Crippen LogP contribution >= 0.6 is 0 Å². The fourth-order valence-corrected chi connectivity index (χ4v) is 3.54. The number of amides is 4. The first-order valence-corrected chi connectivity index (χ1v) is 6.69. The van der Waals surface area contributed by atoms with Crippen LogP contribution in [0.1, 0.15) is 32.6 Å². The van der Waals surface area contributed by atoms with Gasteiger partial charge < -0.3 is 0 Å². The minimum Gasteiger partial charge on any atom is -0.295 e. The summed E-state index contributed by atoms with van der Waals surface area (Å²) in [5.74, 6) is -1.45. The van der Waals surface area contributed by atoms with E-state index in [0.29, 0.717) is 5.92 Å². The lowest BCUT2D eigenvalue weighted by atomic mass is 10.00. The predicted octanol–water partition coefficient (Wildman–Crippen LogP) is -0.177. The highest BCUT2D eigenvalue weighted by Gasteiger charge is 2.55. The third kappa shape index (κ3) is 1.77. The molecule has 2 saturated heterocycles. The van der Waals surface area contributed by atoms with Crippen LogP contribution in [0.15, 0.2) is 0 Å². The van der Waals surface area contributed by atoms with Gasteiger partial charge in [0.2, 0.25) is 23.6 Å². The number of fused-ring (bicyclic) bond motifs is 1. The fourth-order valence-electron chi connectivity index (χ4n) is 3.54. The van der Waals surface area contributed by atoms with Crippen molar-refractivity contribution < 1.29 is 19.2 Å². The molecule has 2 heterocycles. The molecule has 3 atom stereocenters. The number of nitrogens with zero attached hydrogens (tertiary/aromatic N) is 1. The molecule has 0 spiro atoms. The Labute approximate surface area is 110 Å². The molecule has 4 amide bonds. The number of likely N-dealkylation sites (tertiary alicyclic amines) is 1. The van der Waals surface area contributed by atoms with Crippen LogP contribution in [0.25, 0.3) is 0 Å². The maximum atomic E-state index is 12.3. The monoisotopic (exact) mass is 264 g/mol. The lowest BCUT2D eigenvalue weighted by molar-refractivity contribution is -0.152. The third-order valence-corrected chi connectivity index (χ3v) is 4.43. The van der Waals surface area contributed by atoms with E-state index < -0.39 is 11.9 Å². The van der Waals surface area contributed by atoms with E-state index in [1.165, 1.54) is 0 Å². The van der Waals surface area contributed by atoms with Gasteiger partial charge in [-0.1, -0.05) is 6.92 Å². The van der Waals surface area contributed by atoms with Crippen LogP contribution in [-0.2, 0) is 19.2 Å². The lowest BCUT2D eigenvalue weighted by Gasteiger charge is -2.29. The summed E-state index contributed by atoms with van der Waals surface area (Å²) in [6, 6.07) is -0.793. The number of hydrogen-bond acceptors (Lipinski definition) is 4. The zero-order chi connectivity index (χ0) is 13.7. The molecule has 0 aromatic heterocycles. The molecule has 0 bridgehead atoms. The quantitative estimate of drug-likeness (QED) is 0.666. The summed E-state index contributed by atoms with van der Waals surface area (Å²) >= 11 is 0. The first-order valence-electron chi connectivity index (χ1n) is 6.69. The van der Waals surface area contributed by atoms with Crippen molar-refractivity contribution in [1.82, 2.24) is 10.2 Å². The van der Waals surface area contributed by atoms with Gasteiger partial charge in [-0.2, -0.15) is 0 Å². The Morgan fingerprint density at radius 1 is 1.05 bits per heavy atom. The minimum atomic E-state index is -0.793. The second kappa shape index (κ2) is 4.15. The summed E-state index contributed by atoms with van der Waals surface area (Å²) in [6.07, 6.45) is 1.87. The molecule has 3 aliphatic rings. The van der Waals surface area contributed by atoms with Crippen LogP contribution < -0.4 is 5.32 Å². The number of rotatable bonds is 1. The molecule has 2 aliphatic heterocycles. The molecule has 3 unspecified atom stereocenters. The van der Waals surface area contributed by atoms with Crippen LogP contribution in [-0.4, -0.2) is 34.6 Å². The van der Waals surface area contributed by atoms with E-state index in [4.69, 9.17) is 0 Å². The van der Waals surface area contributed by atoms with E-state index in [0.717, 1.165) is 17.7 Å². The molecule has 1 N–H and O–H groups in total. The largest absolute Gasteiger partial charge is 0.295 e. The highest BCUT2D eigenvalue weighted by molar-refractivity contribution is 6.10. The van der Waals surface area contributed by atoms with E-state index in [1.54, 1.807) is 0 Å². The maximum absolute atomic E-state index is 12.3. The van der Waals surface area contributed by atoms with Gasteiger partial charge in [-0.05, 0) is 25.2 Å². The molecule has 6 nitrogen and oxygen atoms in total. The second-order valence-corrected chi connectivity index (χ2v) is 5.80. The third-order valence-electron chi connectivity index (χ3n) is 4.43. The summed E-state index contributed by atoms with van der Waals surface area (Å²) in [6.45, 7) is 2.04. The second-order valence-electron chi connectivity index (χ2n) is 5.80. The van der Waals surface area contributed by atoms with Crippen LogP contribution in [0.3, 0.4) is 0 Å². The van der Waals surface area contributed by atoms with E-state index in [9.17, 15) is 19.2 Å².